The molecule has 1 saturated carbocycles. The molecule has 1 aliphatic rings. The van der Waals surface area contributed by atoms with Gasteiger partial charge >= 0.3 is 0 Å². The Balaban J connectivity index is 1.41. The Hall–Kier alpha value is -2.20. The van der Waals surface area contributed by atoms with Gasteiger partial charge in [-0.25, -0.2) is 0 Å². The molecule has 1 aliphatic carbocycles. The number of nitrogens with zero attached hydrogens (tertiary/aromatic N) is 1. The van der Waals surface area contributed by atoms with E-state index in [1.165, 1.54) is 16.5 Å². The van der Waals surface area contributed by atoms with Crippen molar-refractivity contribution in [2.45, 2.75) is 31.2 Å². The summed E-state index contributed by atoms with van der Waals surface area (Å²) >= 11 is 1.71. The predicted octanol–water partition coefficient (Wildman–Crippen LogP) is 4.59. The molecule has 25 heavy (non-hydrogen) atoms. The van der Waals surface area contributed by atoms with Gasteiger partial charge in [0.05, 0.1) is 5.75 Å². The number of aromatic nitrogens is 1. The van der Waals surface area contributed by atoms with Crippen LogP contribution >= 0.6 is 11.8 Å². The van der Waals surface area contributed by atoms with Crippen molar-refractivity contribution in [3.8, 4) is 0 Å². The largest absolute Gasteiger partial charge is 0.361 e. The zero-order valence-electron chi connectivity index (χ0n) is 14.2. The number of rotatable bonds is 7. The summed E-state index contributed by atoms with van der Waals surface area (Å²) in [6.07, 6.45) is 4.24. The number of amides is 1. The lowest BCUT2D eigenvalue weighted by atomic mass is 10.1. The summed E-state index contributed by atoms with van der Waals surface area (Å²) in [4.78, 5) is 18.1. The Kier molecular flexibility index (Phi) is 4.79. The number of aromatic amines is 1. The maximum Gasteiger partial charge on any atom is 0.233 e. The molecule has 1 amide bonds. The Morgan fingerprint density at radius 1 is 1.08 bits per heavy atom. The SMILES string of the molecule is O=C(CSCc1ccccc1)N(Cc1cccc2[nH]ccc12)C1CC1. The van der Waals surface area contributed by atoms with Crippen LogP contribution in [0.3, 0.4) is 0 Å². The molecule has 4 rings (SSSR count). The Morgan fingerprint density at radius 2 is 1.92 bits per heavy atom. The summed E-state index contributed by atoms with van der Waals surface area (Å²) in [5.41, 5.74) is 3.64. The fourth-order valence-electron chi connectivity index (χ4n) is 3.19. The molecule has 1 N–H and O–H groups in total. The van der Waals surface area contributed by atoms with Crippen molar-refractivity contribution in [3.63, 3.8) is 0 Å². The van der Waals surface area contributed by atoms with Crippen LogP contribution in [0.5, 0.6) is 0 Å². The van der Waals surface area contributed by atoms with E-state index in [9.17, 15) is 4.79 Å². The summed E-state index contributed by atoms with van der Waals surface area (Å²) in [6, 6.07) is 19.2. The van der Waals surface area contributed by atoms with Crippen LogP contribution in [0.2, 0.25) is 0 Å². The highest BCUT2D eigenvalue weighted by atomic mass is 32.2. The van der Waals surface area contributed by atoms with Crippen molar-refractivity contribution in [1.29, 1.82) is 0 Å². The molecule has 0 unspecified atom stereocenters. The minimum absolute atomic E-state index is 0.260. The van der Waals surface area contributed by atoms with E-state index in [0.717, 1.165) is 24.1 Å². The molecule has 0 radical (unpaired) electrons. The van der Waals surface area contributed by atoms with Gasteiger partial charge in [-0.2, -0.15) is 0 Å². The molecule has 3 aromatic rings. The molecule has 1 aromatic heterocycles. The zero-order chi connectivity index (χ0) is 17.1. The van der Waals surface area contributed by atoms with Gasteiger partial charge in [-0.15, -0.1) is 11.8 Å². The van der Waals surface area contributed by atoms with Crippen molar-refractivity contribution >= 4 is 28.6 Å². The Labute approximate surface area is 152 Å². The highest BCUT2D eigenvalue weighted by molar-refractivity contribution is 7.99. The standard InChI is InChI=1S/C21H22N2OS/c24-21(15-25-14-16-5-2-1-3-6-16)23(18-9-10-18)13-17-7-4-8-20-19(17)11-12-22-20/h1-8,11-12,18,22H,9-10,13-15H2. The van der Waals surface area contributed by atoms with Crippen LogP contribution in [-0.4, -0.2) is 27.6 Å². The normalized spacial score (nSPS) is 13.9. The number of carbonyl (C=O) groups excluding carboxylic acids is 1. The second-order valence-corrected chi connectivity index (χ2v) is 7.57. The van der Waals surface area contributed by atoms with Gasteiger partial charge in [-0.1, -0.05) is 42.5 Å². The third-order valence-corrected chi connectivity index (χ3v) is 5.66. The first-order chi connectivity index (χ1) is 12.3. The summed E-state index contributed by atoms with van der Waals surface area (Å²) < 4.78 is 0. The lowest BCUT2D eigenvalue weighted by Crippen LogP contribution is -2.34. The molecule has 1 fully saturated rings. The summed E-state index contributed by atoms with van der Waals surface area (Å²) in [5, 5.41) is 1.22. The molecule has 0 spiro atoms. The number of H-pyrrole nitrogens is 1. The average molecular weight is 350 g/mol. The molecule has 0 bridgehead atoms. The van der Waals surface area contributed by atoms with Gasteiger partial charge in [0.1, 0.15) is 0 Å². The van der Waals surface area contributed by atoms with Crippen LogP contribution in [0.4, 0.5) is 0 Å². The van der Waals surface area contributed by atoms with E-state index >= 15 is 0 Å². The van der Waals surface area contributed by atoms with Gasteiger partial charge in [0.15, 0.2) is 0 Å². The van der Waals surface area contributed by atoms with E-state index in [0.29, 0.717) is 18.3 Å². The molecular weight excluding hydrogens is 328 g/mol. The smallest absolute Gasteiger partial charge is 0.233 e. The second kappa shape index (κ2) is 7.36. The van der Waals surface area contributed by atoms with Crippen LogP contribution in [0, 0.1) is 0 Å². The van der Waals surface area contributed by atoms with Gasteiger partial charge in [-0.05, 0) is 36.1 Å². The van der Waals surface area contributed by atoms with Crippen LogP contribution in [0.25, 0.3) is 10.9 Å². The molecular formula is C21H22N2OS. The van der Waals surface area contributed by atoms with Crippen molar-refractivity contribution in [1.82, 2.24) is 9.88 Å². The number of benzene rings is 2. The molecule has 2 aromatic carbocycles. The molecule has 0 atom stereocenters. The Bertz CT molecular complexity index is 854. The average Bonchev–Trinajstić information content (AvgIpc) is 3.36. The second-order valence-electron chi connectivity index (χ2n) is 6.59. The molecule has 0 aliphatic heterocycles. The van der Waals surface area contributed by atoms with Gasteiger partial charge < -0.3 is 9.88 Å². The highest BCUT2D eigenvalue weighted by Crippen LogP contribution is 2.30. The lowest BCUT2D eigenvalue weighted by molar-refractivity contribution is -0.129. The fourth-order valence-corrected chi connectivity index (χ4v) is 4.06. The van der Waals surface area contributed by atoms with Gasteiger partial charge in [0.2, 0.25) is 5.91 Å². The maximum atomic E-state index is 12.8. The Morgan fingerprint density at radius 3 is 2.72 bits per heavy atom. The van der Waals surface area contributed by atoms with Crippen molar-refractivity contribution in [2.24, 2.45) is 0 Å². The minimum atomic E-state index is 0.260. The summed E-state index contributed by atoms with van der Waals surface area (Å²) in [6.45, 7) is 0.713. The molecule has 3 nitrogen and oxygen atoms in total. The number of nitrogens with one attached hydrogen (secondary N) is 1. The van der Waals surface area contributed by atoms with Crippen LogP contribution in [0.1, 0.15) is 24.0 Å². The molecule has 0 saturated heterocycles. The number of carbonyl (C=O) groups is 1. The van der Waals surface area contributed by atoms with E-state index < -0.39 is 0 Å². The van der Waals surface area contributed by atoms with E-state index in [-0.39, 0.29) is 5.91 Å². The maximum absolute atomic E-state index is 12.8. The van der Waals surface area contributed by atoms with Crippen LogP contribution < -0.4 is 0 Å². The van der Waals surface area contributed by atoms with E-state index in [2.05, 4.69) is 46.3 Å². The van der Waals surface area contributed by atoms with E-state index in [1.54, 1.807) is 11.8 Å². The zero-order valence-corrected chi connectivity index (χ0v) is 15.0. The predicted molar refractivity (Wildman–Crippen MR) is 104 cm³/mol. The third-order valence-electron chi connectivity index (χ3n) is 4.67. The van der Waals surface area contributed by atoms with Crippen molar-refractivity contribution in [3.05, 3.63) is 71.9 Å². The van der Waals surface area contributed by atoms with Crippen LogP contribution in [-0.2, 0) is 17.1 Å². The number of hydrogen-bond acceptors (Lipinski definition) is 2. The minimum Gasteiger partial charge on any atom is -0.361 e. The number of fused-ring (bicyclic) bond motifs is 1. The van der Waals surface area contributed by atoms with E-state index in [4.69, 9.17) is 0 Å². The summed E-state index contributed by atoms with van der Waals surface area (Å²) in [5.74, 6) is 1.70. The van der Waals surface area contributed by atoms with Crippen LogP contribution in [0.15, 0.2) is 60.8 Å². The monoisotopic (exact) mass is 350 g/mol. The summed E-state index contributed by atoms with van der Waals surface area (Å²) in [7, 11) is 0. The quantitative estimate of drug-likeness (QED) is 0.676. The van der Waals surface area contributed by atoms with Crippen molar-refractivity contribution in [2.75, 3.05) is 5.75 Å². The van der Waals surface area contributed by atoms with Gasteiger partial charge in [0, 0.05) is 35.4 Å². The molecule has 4 heteroatoms. The highest BCUT2D eigenvalue weighted by Gasteiger charge is 2.32. The first-order valence-corrected chi connectivity index (χ1v) is 9.93. The number of thioether (sulfide) groups is 1. The van der Waals surface area contributed by atoms with E-state index in [1.807, 2.05) is 24.4 Å². The third kappa shape index (κ3) is 3.90. The van der Waals surface area contributed by atoms with Crippen molar-refractivity contribution < 1.29 is 4.79 Å². The fraction of sp³-hybridized carbons (Fsp3) is 0.286. The molecule has 128 valence electrons. The van der Waals surface area contributed by atoms with Gasteiger partial charge in [0.25, 0.3) is 0 Å². The lowest BCUT2D eigenvalue weighted by Gasteiger charge is -2.23. The first-order valence-electron chi connectivity index (χ1n) is 8.77. The number of hydrogen-bond donors (Lipinski definition) is 1. The van der Waals surface area contributed by atoms with Gasteiger partial charge in [-0.3, -0.25) is 4.79 Å². The first kappa shape index (κ1) is 16.3. The molecule has 1 heterocycles. The topological polar surface area (TPSA) is 36.1 Å².